The van der Waals surface area contributed by atoms with E-state index >= 15 is 0 Å². The van der Waals surface area contributed by atoms with E-state index in [1.807, 2.05) is 52.8 Å². The molecule has 1 saturated carbocycles. The van der Waals surface area contributed by atoms with Crippen molar-refractivity contribution >= 4 is 34.3 Å². The summed E-state index contributed by atoms with van der Waals surface area (Å²) in [6.07, 6.45) is 0. The summed E-state index contributed by atoms with van der Waals surface area (Å²) in [4.78, 5) is 40.8. The Morgan fingerprint density at radius 1 is 0.923 bits per heavy atom. The summed E-state index contributed by atoms with van der Waals surface area (Å²) >= 11 is 6.12. The Kier molecular flexibility index (Phi) is 3.27. The van der Waals surface area contributed by atoms with Gasteiger partial charge in [-0.3, -0.25) is 14.4 Å². The molecule has 5 heteroatoms. The third kappa shape index (κ3) is 1.45. The molecule has 2 aliphatic carbocycles. The summed E-state index contributed by atoms with van der Waals surface area (Å²) in [7, 11) is 0. The molecule has 0 N–H and O–H groups in total. The number of hydrogen-bond donors (Lipinski definition) is 0. The predicted molar refractivity (Wildman–Crippen MR) is 99.5 cm³/mol. The first kappa shape index (κ1) is 17.5. The zero-order valence-electron chi connectivity index (χ0n) is 15.6. The average Bonchev–Trinajstić information content (AvgIpc) is 3.02. The van der Waals surface area contributed by atoms with E-state index in [0.717, 1.165) is 11.1 Å². The standard InChI is InChI=1S/C21H22ClNO3/c1-11-12(2)20(4)15-14(19(11,3)21(20,5)18(22)26)16(24)23(17(15)25)13-9-7-6-8-10-13/h6-10,14-15H,1-5H3/t14-,15+,19+,20-,21?. The topological polar surface area (TPSA) is 54.5 Å². The van der Waals surface area contributed by atoms with E-state index in [1.54, 1.807) is 12.1 Å². The first-order chi connectivity index (χ1) is 12.1. The number of amides is 2. The number of carbonyl (C=O) groups excluding carboxylic acids is 3. The molecular formula is C21H22ClNO3. The van der Waals surface area contributed by atoms with E-state index in [1.165, 1.54) is 4.90 Å². The minimum Gasteiger partial charge on any atom is -0.281 e. The number of allylic oxidation sites excluding steroid dienone is 2. The molecule has 2 bridgehead atoms. The van der Waals surface area contributed by atoms with Crippen LogP contribution in [0.1, 0.15) is 34.6 Å². The lowest BCUT2D eigenvalue weighted by Crippen LogP contribution is -2.49. The number of halogens is 1. The quantitative estimate of drug-likeness (QED) is 0.449. The molecule has 5 atom stereocenters. The van der Waals surface area contributed by atoms with Crippen molar-refractivity contribution in [2.24, 2.45) is 28.1 Å². The zero-order chi connectivity index (χ0) is 19.2. The molecule has 3 aliphatic rings. The molecule has 2 amide bonds. The molecule has 26 heavy (non-hydrogen) atoms. The van der Waals surface area contributed by atoms with Gasteiger partial charge in [0.15, 0.2) is 0 Å². The SMILES string of the molecule is CC1=C(C)[C@]2(C)[C@@H]3C(=O)N(c4ccccc4)C(=O)[C@@H]3[C@@]1(C)C2(C)C(=O)Cl. The first-order valence-electron chi connectivity index (χ1n) is 8.87. The fourth-order valence-electron chi connectivity index (χ4n) is 6.23. The van der Waals surface area contributed by atoms with Crippen molar-refractivity contribution in [3.63, 3.8) is 0 Å². The second kappa shape index (κ2) is 4.86. The molecule has 1 aromatic carbocycles. The average molecular weight is 372 g/mol. The zero-order valence-corrected chi connectivity index (χ0v) is 16.3. The number of hydrogen-bond acceptors (Lipinski definition) is 3. The van der Waals surface area contributed by atoms with E-state index in [2.05, 4.69) is 0 Å². The van der Waals surface area contributed by atoms with Gasteiger partial charge in [-0.25, -0.2) is 4.90 Å². The van der Waals surface area contributed by atoms with Crippen LogP contribution in [0.5, 0.6) is 0 Å². The summed E-state index contributed by atoms with van der Waals surface area (Å²) in [5.74, 6) is -1.60. The van der Waals surface area contributed by atoms with Gasteiger partial charge < -0.3 is 0 Å². The minimum atomic E-state index is -0.987. The molecule has 4 rings (SSSR count). The lowest BCUT2D eigenvalue weighted by molar-refractivity contribution is -0.132. The van der Waals surface area contributed by atoms with Crippen molar-refractivity contribution < 1.29 is 14.4 Å². The molecule has 1 unspecified atom stereocenters. The Balaban J connectivity index is 1.97. The number of carbonyl (C=O) groups is 3. The molecule has 2 fully saturated rings. The highest BCUT2D eigenvalue weighted by Gasteiger charge is 2.83. The Bertz CT molecular complexity index is 861. The number of para-hydroxylation sites is 1. The highest BCUT2D eigenvalue weighted by molar-refractivity contribution is 6.65. The van der Waals surface area contributed by atoms with Crippen molar-refractivity contribution in [2.75, 3.05) is 4.90 Å². The maximum Gasteiger partial charge on any atom is 0.238 e. The van der Waals surface area contributed by atoms with Gasteiger partial charge in [-0.1, -0.05) is 43.2 Å². The second-order valence-corrected chi connectivity index (χ2v) is 8.70. The van der Waals surface area contributed by atoms with E-state index in [-0.39, 0.29) is 11.8 Å². The second-order valence-electron chi connectivity index (χ2n) is 8.36. The van der Waals surface area contributed by atoms with Crippen molar-refractivity contribution in [2.45, 2.75) is 34.6 Å². The normalized spacial score (nSPS) is 41.2. The number of imide groups is 1. The number of nitrogens with zero attached hydrogens (tertiary/aromatic N) is 1. The summed E-state index contributed by atoms with van der Waals surface area (Å²) in [5, 5.41) is -0.472. The van der Waals surface area contributed by atoms with Crippen LogP contribution in [0, 0.1) is 28.1 Å². The molecule has 0 aromatic heterocycles. The number of anilines is 1. The van der Waals surface area contributed by atoms with Gasteiger partial charge in [0.05, 0.1) is 22.9 Å². The van der Waals surface area contributed by atoms with Gasteiger partial charge in [0.1, 0.15) is 0 Å². The van der Waals surface area contributed by atoms with Gasteiger partial charge in [-0.15, -0.1) is 0 Å². The van der Waals surface area contributed by atoms with Gasteiger partial charge in [0, 0.05) is 10.8 Å². The van der Waals surface area contributed by atoms with Gasteiger partial charge >= 0.3 is 0 Å². The molecule has 1 aromatic rings. The smallest absolute Gasteiger partial charge is 0.238 e. The summed E-state index contributed by atoms with van der Waals surface area (Å²) in [6.45, 7) is 9.63. The number of fused-ring (bicyclic) bond motifs is 5. The maximum atomic E-state index is 13.4. The van der Waals surface area contributed by atoms with Crippen LogP contribution >= 0.6 is 11.6 Å². The Morgan fingerprint density at radius 3 is 1.73 bits per heavy atom. The third-order valence-corrected chi connectivity index (χ3v) is 8.53. The van der Waals surface area contributed by atoms with Crippen LogP contribution in [-0.4, -0.2) is 17.1 Å². The summed E-state index contributed by atoms with van der Waals surface area (Å²) < 4.78 is 0. The van der Waals surface area contributed by atoms with Crippen LogP contribution in [0.15, 0.2) is 41.5 Å². The van der Waals surface area contributed by atoms with Gasteiger partial charge in [0.25, 0.3) is 0 Å². The van der Waals surface area contributed by atoms with Gasteiger partial charge in [0.2, 0.25) is 17.1 Å². The van der Waals surface area contributed by atoms with Crippen LogP contribution in [0.2, 0.25) is 0 Å². The summed E-state index contributed by atoms with van der Waals surface area (Å²) in [6, 6.07) is 9.00. The van der Waals surface area contributed by atoms with E-state index in [9.17, 15) is 14.4 Å². The first-order valence-corrected chi connectivity index (χ1v) is 9.25. The number of rotatable bonds is 2. The minimum absolute atomic E-state index is 0.228. The fraction of sp³-hybridized carbons (Fsp3) is 0.476. The largest absolute Gasteiger partial charge is 0.281 e. The number of benzene rings is 1. The van der Waals surface area contributed by atoms with E-state index in [0.29, 0.717) is 5.69 Å². The van der Waals surface area contributed by atoms with Crippen LogP contribution in [-0.2, 0) is 14.4 Å². The van der Waals surface area contributed by atoms with Crippen molar-refractivity contribution in [3.05, 3.63) is 41.5 Å². The molecule has 1 saturated heterocycles. The van der Waals surface area contributed by atoms with Gasteiger partial charge in [-0.2, -0.15) is 0 Å². The fourth-order valence-corrected chi connectivity index (χ4v) is 6.62. The Labute approximate surface area is 158 Å². The van der Waals surface area contributed by atoms with Crippen LogP contribution in [0.4, 0.5) is 5.69 Å². The van der Waals surface area contributed by atoms with Crippen molar-refractivity contribution in [1.82, 2.24) is 0 Å². The molecule has 4 nitrogen and oxygen atoms in total. The highest BCUT2D eigenvalue weighted by Crippen LogP contribution is 2.80. The summed E-state index contributed by atoms with van der Waals surface area (Å²) in [5.41, 5.74) is 0.0661. The predicted octanol–water partition coefficient (Wildman–Crippen LogP) is 3.94. The lowest BCUT2D eigenvalue weighted by atomic mass is 9.60. The Morgan fingerprint density at radius 2 is 1.35 bits per heavy atom. The van der Waals surface area contributed by atoms with Crippen LogP contribution < -0.4 is 4.90 Å². The van der Waals surface area contributed by atoms with Crippen LogP contribution in [0.25, 0.3) is 0 Å². The maximum absolute atomic E-state index is 13.4. The highest BCUT2D eigenvalue weighted by atomic mass is 35.5. The van der Waals surface area contributed by atoms with Crippen molar-refractivity contribution in [1.29, 1.82) is 0 Å². The van der Waals surface area contributed by atoms with Crippen LogP contribution in [0.3, 0.4) is 0 Å². The van der Waals surface area contributed by atoms with E-state index in [4.69, 9.17) is 11.6 Å². The molecule has 136 valence electrons. The third-order valence-electron chi connectivity index (χ3n) is 8.16. The monoisotopic (exact) mass is 371 g/mol. The van der Waals surface area contributed by atoms with Gasteiger partial charge in [-0.05, 0) is 44.5 Å². The molecule has 1 heterocycles. The Hall–Kier alpha value is -1.94. The molecule has 0 radical (unpaired) electrons. The molecule has 0 spiro atoms. The van der Waals surface area contributed by atoms with E-state index < -0.39 is 33.3 Å². The lowest BCUT2D eigenvalue weighted by Gasteiger charge is -2.43. The van der Waals surface area contributed by atoms with Crippen molar-refractivity contribution in [3.8, 4) is 0 Å². The molecule has 1 aliphatic heterocycles. The molecular weight excluding hydrogens is 350 g/mol.